The number of nitrogens with zero attached hydrogens (tertiary/aromatic N) is 2. The smallest absolute Gasteiger partial charge is 0.0962 e. The predicted octanol–water partition coefficient (Wildman–Crippen LogP) is 0.543. The molecule has 0 spiro atoms. The Morgan fingerprint density at radius 3 is 2.94 bits per heavy atom. The number of nitrogens with two attached hydrogens (primary N) is 1. The van der Waals surface area contributed by atoms with Gasteiger partial charge in [0.1, 0.15) is 0 Å². The van der Waals surface area contributed by atoms with Crippen molar-refractivity contribution in [3.8, 4) is 0 Å². The van der Waals surface area contributed by atoms with Crippen molar-refractivity contribution in [3.05, 3.63) is 30.6 Å². The lowest BCUT2D eigenvalue weighted by atomic mass is 10.1. The van der Waals surface area contributed by atoms with Gasteiger partial charge in [0.2, 0.25) is 0 Å². The van der Waals surface area contributed by atoms with Crippen molar-refractivity contribution in [2.75, 3.05) is 20.3 Å². The van der Waals surface area contributed by atoms with Gasteiger partial charge in [0.15, 0.2) is 0 Å². The number of hydrogen-bond acceptors (Lipinski definition) is 4. The Kier molecular flexibility index (Phi) is 3.73. The van der Waals surface area contributed by atoms with Gasteiger partial charge in [0, 0.05) is 7.11 Å². The first kappa shape index (κ1) is 12.0. The molecule has 5 heteroatoms. The Balaban J connectivity index is 2.36. The first-order valence-corrected chi connectivity index (χ1v) is 5.55. The summed E-state index contributed by atoms with van der Waals surface area (Å²) in [6.07, 6.45) is 1.71. The summed E-state index contributed by atoms with van der Waals surface area (Å²) >= 11 is 0. The minimum atomic E-state index is -0.261. The van der Waals surface area contributed by atoms with Crippen molar-refractivity contribution in [3.63, 3.8) is 0 Å². The fourth-order valence-corrected chi connectivity index (χ4v) is 1.98. The molecule has 0 aliphatic carbocycles. The molecule has 1 aromatic carbocycles. The molecule has 0 bridgehead atoms. The van der Waals surface area contributed by atoms with E-state index >= 15 is 0 Å². The summed E-state index contributed by atoms with van der Waals surface area (Å²) in [4.78, 5) is 4.29. The molecule has 0 saturated heterocycles. The standard InChI is InChI=1S/C12H17N3O2/c1-17-7-9(13)12(6-16)15-8-14-10-4-2-3-5-11(10)15/h2-5,8-9,12,16H,6-7,13H2,1H3. The van der Waals surface area contributed by atoms with Crippen LogP contribution < -0.4 is 5.73 Å². The number of para-hydroxylation sites is 2. The van der Waals surface area contributed by atoms with E-state index in [1.54, 1.807) is 13.4 Å². The van der Waals surface area contributed by atoms with Crippen molar-refractivity contribution >= 4 is 11.0 Å². The van der Waals surface area contributed by atoms with E-state index < -0.39 is 0 Å². The van der Waals surface area contributed by atoms with Crippen LogP contribution in [0.25, 0.3) is 11.0 Å². The SMILES string of the molecule is COCC(N)C(CO)n1cnc2ccccc21. The number of aliphatic hydroxyl groups is 1. The number of hydrogen-bond donors (Lipinski definition) is 2. The van der Waals surface area contributed by atoms with Crippen LogP contribution in [0.5, 0.6) is 0 Å². The second kappa shape index (κ2) is 5.27. The molecule has 2 unspecified atom stereocenters. The van der Waals surface area contributed by atoms with Gasteiger partial charge in [0.05, 0.1) is 42.7 Å². The highest BCUT2D eigenvalue weighted by molar-refractivity contribution is 5.75. The lowest BCUT2D eigenvalue weighted by Gasteiger charge is -2.23. The van der Waals surface area contributed by atoms with Crippen molar-refractivity contribution in [2.24, 2.45) is 5.73 Å². The molecule has 2 atom stereocenters. The summed E-state index contributed by atoms with van der Waals surface area (Å²) < 4.78 is 6.93. The largest absolute Gasteiger partial charge is 0.394 e. The van der Waals surface area contributed by atoms with Gasteiger partial charge in [-0.1, -0.05) is 12.1 Å². The molecule has 0 aliphatic heterocycles. The van der Waals surface area contributed by atoms with Crippen molar-refractivity contribution in [1.29, 1.82) is 0 Å². The van der Waals surface area contributed by atoms with Crippen LogP contribution in [-0.2, 0) is 4.74 Å². The van der Waals surface area contributed by atoms with Crippen LogP contribution in [0.3, 0.4) is 0 Å². The second-order valence-corrected chi connectivity index (χ2v) is 4.01. The normalized spacial score (nSPS) is 15.0. The Morgan fingerprint density at radius 2 is 2.24 bits per heavy atom. The van der Waals surface area contributed by atoms with Crippen LogP contribution in [0.15, 0.2) is 30.6 Å². The highest BCUT2D eigenvalue weighted by Crippen LogP contribution is 2.19. The fourth-order valence-electron chi connectivity index (χ4n) is 1.98. The zero-order chi connectivity index (χ0) is 12.3. The summed E-state index contributed by atoms with van der Waals surface area (Å²) in [7, 11) is 1.60. The van der Waals surface area contributed by atoms with E-state index in [1.165, 1.54) is 0 Å². The lowest BCUT2D eigenvalue weighted by molar-refractivity contribution is 0.131. The van der Waals surface area contributed by atoms with E-state index in [-0.39, 0.29) is 18.7 Å². The number of aromatic nitrogens is 2. The highest BCUT2D eigenvalue weighted by Gasteiger charge is 2.20. The minimum absolute atomic E-state index is 0.0368. The van der Waals surface area contributed by atoms with E-state index in [0.717, 1.165) is 11.0 Å². The molecule has 0 amide bonds. The number of rotatable bonds is 5. The first-order chi connectivity index (χ1) is 8.27. The van der Waals surface area contributed by atoms with E-state index in [4.69, 9.17) is 10.5 Å². The topological polar surface area (TPSA) is 73.3 Å². The molecule has 92 valence electrons. The van der Waals surface area contributed by atoms with E-state index in [2.05, 4.69) is 4.98 Å². The predicted molar refractivity (Wildman–Crippen MR) is 65.7 cm³/mol. The fraction of sp³-hybridized carbons (Fsp3) is 0.417. The molecule has 17 heavy (non-hydrogen) atoms. The molecule has 3 N–H and O–H groups in total. The van der Waals surface area contributed by atoms with Gasteiger partial charge in [-0.05, 0) is 12.1 Å². The van der Waals surface area contributed by atoms with Crippen molar-refractivity contribution in [1.82, 2.24) is 9.55 Å². The lowest BCUT2D eigenvalue weighted by Crippen LogP contribution is -2.38. The summed E-state index contributed by atoms with van der Waals surface area (Å²) in [5.74, 6) is 0. The molecular formula is C12H17N3O2. The average molecular weight is 235 g/mol. The molecule has 0 fully saturated rings. The van der Waals surface area contributed by atoms with Crippen LogP contribution in [0.2, 0.25) is 0 Å². The summed E-state index contributed by atoms with van der Waals surface area (Å²) in [6, 6.07) is 7.29. The summed E-state index contributed by atoms with van der Waals surface area (Å²) in [6.45, 7) is 0.364. The van der Waals surface area contributed by atoms with Crippen LogP contribution in [-0.4, -0.2) is 41.0 Å². The zero-order valence-electron chi connectivity index (χ0n) is 9.78. The quantitative estimate of drug-likeness (QED) is 0.793. The maximum absolute atomic E-state index is 9.47. The molecular weight excluding hydrogens is 218 g/mol. The van der Waals surface area contributed by atoms with E-state index in [1.807, 2.05) is 28.8 Å². The third-order valence-electron chi connectivity index (χ3n) is 2.88. The number of aliphatic hydroxyl groups excluding tert-OH is 1. The van der Waals surface area contributed by atoms with Crippen LogP contribution in [0.4, 0.5) is 0 Å². The number of benzene rings is 1. The Hall–Kier alpha value is -1.43. The number of methoxy groups -OCH3 is 1. The highest BCUT2D eigenvalue weighted by atomic mass is 16.5. The first-order valence-electron chi connectivity index (χ1n) is 5.55. The number of imidazole rings is 1. The van der Waals surface area contributed by atoms with Crippen LogP contribution >= 0.6 is 0 Å². The van der Waals surface area contributed by atoms with Gasteiger partial charge in [-0.25, -0.2) is 4.98 Å². The molecule has 0 saturated carbocycles. The maximum atomic E-state index is 9.47. The molecule has 2 rings (SSSR count). The van der Waals surface area contributed by atoms with E-state index in [0.29, 0.717) is 6.61 Å². The summed E-state index contributed by atoms with van der Waals surface area (Å²) in [5.41, 5.74) is 7.86. The Bertz CT molecular complexity index is 483. The number of fused-ring (bicyclic) bond motifs is 1. The van der Waals surface area contributed by atoms with Gasteiger partial charge in [-0.2, -0.15) is 0 Å². The van der Waals surface area contributed by atoms with Gasteiger partial charge in [-0.15, -0.1) is 0 Å². The van der Waals surface area contributed by atoms with Crippen LogP contribution in [0, 0.1) is 0 Å². The third-order valence-corrected chi connectivity index (χ3v) is 2.88. The average Bonchev–Trinajstić information content (AvgIpc) is 2.75. The number of ether oxygens (including phenoxy) is 1. The molecule has 1 aromatic heterocycles. The molecule has 0 radical (unpaired) electrons. The van der Waals surface area contributed by atoms with Crippen LogP contribution in [0.1, 0.15) is 6.04 Å². The maximum Gasteiger partial charge on any atom is 0.0962 e. The molecule has 1 heterocycles. The van der Waals surface area contributed by atoms with Gasteiger partial charge in [-0.3, -0.25) is 0 Å². The Labute approximate surface area is 99.8 Å². The third kappa shape index (κ3) is 2.31. The second-order valence-electron chi connectivity index (χ2n) is 4.01. The van der Waals surface area contributed by atoms with Gasteiger partial charge in [0.25, 0.3) is 0 Å². The minimum Gasteiger partial charge on any atom is -0.394 e. The van der Waals surface area contributed by atoms with Gasteiger partial charge < -0.3 is 20.1 Å². The van der Waals surface area contributed by atoms with Crippen molar-refractivity contribution in [2.45, 2.75) is 12.1 Å². The zero-order valence-corrected chi connectivity index (χ0v) is 9.78. The molecule has 0 aliphatic rings. The summed E-state index contributed by atoms with van der Waals surface area (Å²) in [5, 5.41) is 9.47. The monoisotopic (exact) mass is 235 g/mol. The molecule has 2 aromatic rings. The Morgan fingerprint density at radius 1 is 1.47 bits per heavy atom. The molecule has 5 nitrogen and oxygen atoms in total. The van der Waals surface area contributed by atoms with Crippen molar-refractivity contribution < 1.29 is 9.84 Å². The van der Waals surface area contributed by atoms with Gasteiger partial charge >= 0.3 is 0 Å². The van der Waals surface area contributed by atoms with E-state index in [9.17, 15) is 5.11 Å².